The molecule has 19 heavy (non-hydrogen) atoms. The summed E-state index contributed by atoms with van der Waals surface area (Å²) < 4.78 is 7.68. The van der Waals surface area contributed by atoms with Crippen LogP contribution in [-0.4, -0.2) is 17.3 Å². The first-order valence-electron chi connectivity index (χ1n) is 6.49. The summed E-state index contributed by atoms with van der Waals surface area (Å²) in [5.41, 5.74) is 7.97. The molecule has 0 saturated carbocycles. The molecule has 1 heterocycles. The second kappa shape index (κ2) is 5.53. The molecule has 3 nitrogen and oxygen atoms in total. The van der Waals surface area contributed by atoms with Crippen molar-refractivity contribution in [1.29, 1.82) is 0 Å². The number of nitrogens with zero attached hydrogens (tertiary/aromatic N) is 1. The number of rotatable bonds is 5. The summed E-state index contributed by atoms with van der Waals surface area (Å²) in [4.78, 5) is 0. The van der Waals surface area contributed by atoms with Crippen molar-refractivity contribution in [2.45, 2.75) is 39.0 Å². The average Bonchev–Trinajstić information content (AvgIpc) is 2.74. The highest BCUT2D eigenvalue weighted by molar-refractivity contribution is 6.31. The molecular formula is C15H21ClN2O. The summed E-state index contributed by atoms with van der Waals surface area (Å²) in [5, 5.41) is 1.93. The van der Waals surface area contributed by atoms with Gasteiger partial charge >= 0.3 is 0 Å². The Morgan fingerprint density at radius 3 is 2.74 bits per heavy atom. The molecule has 1 aromatic heterocycles. The molecule has 1 aromatic carbocycles. The number of aryl methyl sites for hydroxylation is 1. The van der Waals surface area contributed by atoms with Crippen LogP contribution in [0.25, 0.3) is 10.9 Å². The topological polar surface area (TPSA) is 40.2 Å². The van der Waals surface area contributed by atoms with Crippen molar-refractivity contribution in [3.05, 3.63) is 35.0 Å². The zero-order valence-corrected chi connectivity index (χ0v) is 12.5. The Kier molecular flexibility index (Phi) is 4.19. The van der Waals surface area contributed by atoms with Gasteiger partial charge in [0, 0.05) is 42.3 Å². The van der Waals surface area contributed by atoms with E-state index in [0.29, 0.717) is 6.54 Å². The lowest BCUT2D eigenvalue weighted by molar-refractivity contribution is 0.0123. The summed E-state index contributed by atoms with van der Waals surface area (Å²) in [6, 6.07) is 5.94. The first-order chi connectivity index (χ1) is 8.96. The Labute approximate surface area is 119 Å². The number of nitrogens with two attached hydrogens (primary N) is 1. The van der Waals surface area contributed by atoms with Crippen LogP contribution in [0.5, 0.6) is 0 Å². The van der Waals surface area contributed by atoms with Gasteiger partial charge in [-0.2, -0.15) is 0 Å². The van der Waals surface area contributed by atoms with Crippen LogP contribution in [0.1, 0.15) is 25.8 Å². The molecule has 104 valence electrons. The first kappa shape index (κ1) is 14.4. The van der Waals surface area contributed by atoms with Gasteiger partial charge in [-0.1, -0.05) is 17.7 Å². The van der Waals surface area contributed by atoms with E-state index in [-0.39, 0.29) is 5.60 Å². The normalized spacial score (nSPS) is 12.3. The van der Waals surface area contributed by atoms with E-state index >= 15 is 0 Å². The number of halogens is 1. The SMILES string of the molecule is COC(C)(C)CCn1cc(CN)c2ccc(Cl)cc21. The third-order valence-electron chi connectivity index (χ3n) is 3.65. The molecule has 2 aromatic rings. The molecule has 0 unspecified atom stereocenters. The highest BCUT2D eigenvalue weighted by atomic mass is 35.5. The molecule has 0 saturated heterocycles. The van der Waals surface area contributed by atoms with Crippen molar-refractivity contribution in [1.82, 2.24) is 4.57 Å². The summed E-state index contributed by atoms with van der Waals surface area (Å²) >= 11 is 6.09. The van der Waals surface area contributed by atoms with Gasteiger partial charge in [0.15, 0.2) is 0 Å². The van der Waals surface area contributed by atoms with Crippen LogP contribution < -0.4 is 5.73 Å². The van der Waals surface area contributed by atoms with Crippen molar-refractivity contribution >= 4 is 22.5 Å². The molecule has 0 aliphatic carbocycles. The fourth-order valence-corrected chi connectivity index (χ4v) is 2.35. The number of hydrogen-bond acceptors (Lipinski definition) is 2. The zero-order chi connectivity index (χ0) is 14.0. The van der Waals surface area contributed by atoms with Gasteiger partial charge in [0.2, 0.25) is 0 Å². The number of fused-ring (bicyclic) bond motifs is 1. The second-order valence-electron chi connectivity index (χ2n) is 5.43. The molecule has 0 atom stereocenters. The van der Waals surface area contributed by atoms with Crippen LogP contribution in [0.15, 0.2) is 24.4 Å². The number of ether oxygens (including phenoxy) is 1. The van der Waals surface area contributed by atoms with E-state index in [1.807, 2.05) is 18.2 Å². The quantitative estimate of drug-likeness (QED) is 0.909. The lowest BCUT2D eigenvalue weighted by Crippen LogP contribution is -2.24. The summed E-state index contributed by atoms with van der Waals surface area (Å²) in [5.74, 6) is 0. The predicted molar refractivity (Wildman–Crippen MR) is 80.5 cm³/mol. The minimum Gasteiger partial charge on any atom is -0.379 e. The number of benzene rings is 1. The van der Waals surface area contributed by atoms with E-state index in [1.54, 1.807) is 7.11 Å². The standard InChI is InChI=1S/C15H21ClN2O/c1-15(2,19-3)6-7-18-10-11(9-17)13-5-4-12(16)8-14(13)18/h4-5,8,10H,6-7,9,17H2,1-3H3. The maximum Gasteiger partial charge on any atom is 0.0639 e. The van der Waals surface area contributed by atoms with Gasteiger partial charge in [0.25, 0.3) is 0 Å². The maximum absolute atomic E-state index is 6.09. The highest BCUT2D eigenvalue weighted by Crippen LogP contribution is 2.26. The average molecular weight is 281 g/mol. The third kappa shape index (κ3) is 3.11. The van der Waals surface area contributed by atoms with Gasteiger partial charge in [-0.3, -0.25) is 0 Å². The molecular weight excluding hydrogens is 260 g/mol. The van der Waals surface area contributed by atoms with Crippen molar-refractivity contribution in [3.63, 3.8) is 0 Å². The summed E-state index contributed by atoms with van der Waals surface area (Å²) in [7, 11) is 1.75. The van der Waals surface area contributed by atoms with Gasteiger partial charge < -0.3 is 15.0 Å². The monoisotopic (exact) mass is 280 g/mol. The summed E-state index contributed by atoms with van der Waals surface area (Å²) in [6.45, 7) is 5.61. The second-order valence-corrected chi connectivity index (χ2v) is 5.86. The summed E-state index contributed by atoms with van der Waals surface area (Å²) in [6.07, 6.45) is 3.05. The van der Waals surface area contributed by atoms with Gasteiger partial charge in [-0.15, -0.1) is 0 Å². The van der Waals surface area contributed by atoms with Crippen LogP contribution in [-0.2, 0) is 17.8 Å². The molecule has 0 bridgehead atoms. The molecule has 0 spiro atoms. The molecule has 2 N–H and O–H groups in total. The minimum atomic E-state index is -0.127. The van der Waals surface area contributed by atoms with E-state index in [2.05, 4.69) is 24.6 Å². The van der Waals surface area contributed by atoms with E-state index in [4.69, 9.17) is 22.1 Å². The number of methoxy groups -OCH3 is 1. The first-order valence-corrected chi connectivity index (χ1v) is 6.87. The van der Waals surface area contributed by atoms with Gasteiger partial charge in [0.1, 0.15) is 0 Å². The molecule has 0 fully saturated rings. The Hall–Kier alpha value is -1.03. The molecule has 4 heteroatoms. The van der Waals surface area contributed by atoms with Crippen LogP contribution in [0.3, 0.4) is 0 Å². The van der Waals surface area contributed by atoms with E-state index in [9.17, 15) is 0 Å². The van der Waals surface area contributed by atoms with Gasteiger partial charge in [-0.25, -0.2) is 0 Å². The van der Waals surface area contributed by atoms with Crippen molar-refractivity contribution in [2.24, 2.45) is 5.73 Å². The Balaban J connectivity index is 2.35. The molecule has 2 rings (SSSR count). The van der Waals surface area contributed by atoms with Gasteiger partial charge in [0.05, 0.1) is 5.60 Å². The van der Waals surface area contributed by atoms with Crippen LogP contribution in [0.2, 0.25) is 5.02 Å². The Morgan fingerprint density at radius 1 is 1.37 bits per heavy atom. The zero-order valence-electron chi connectivity index (χ0n) is 11.7. The van der Waals surface area contributed by atoms with Crippen LogP contribution in [0.4, 0.5) is 0 Å². The Bertz CT molecular complexity index is 575. The predicted octanol–water partition coefficient (Wildman–Crippen LogP) is 3.57. The molecule has 0 amide bonds. The third-order valence-corrected chi connectivity index (χ3v) is 3.89. The highest BCUT2D eigenvalue weighted by Gasteiger charge is 2.17. The lowest BCUT2D eigenvalue weighted by Gasteiger charge is -2.23. The fourth-order valence-electron chi connectivity index (χ4n) is 2.18. The largest absolute Gasteiger partial charge is 0.379 e. The lowest BCUT2D eigenvalue weighted by atomic mass is 10.1. The minimum absolute atomic E-state index is 0.127. The van der Waals surface area contributed by atoms with Crippen molar-refractivity contribution < 1.29 is 4.74 Å². The number of hydrogen-bond donors (Lipinski definition) is 1. The Morgan fingerprint density at radius 2 is 2.11 bits per heavy atom. The van der Waals surface area contributed by atoms with Gasteiger partial charge in [-0.05, 0) is 38.0 Å². The van der Waals surface area contributed by atoms with Crippen molar-refractivity contribution in [3.8, 4) is 0 Å². The van der Waals surface area contributed by atoms with E-state index in [0.717, 1.165) is 29.1 Å². The van der Waals surface area contributed by atoms with Crippen LogP contribution >= 0.6 is 11.6 Å². The van der Waals surface area contributed by atoms with E-state index in [1.165, 1.54) is 5.39 Å². The maximum atomic E-state index is 6.09. The smallest absolute Gasteiger partial charge is 0.0639 e. The molecule has 0 radical (unpaired) electrons. The molecule has 0 aliphatic heterocycles. The van der Waals surface area contributed by atoms with Crippen molar-refractivity contribution in [2.75, 3.05) is 7.11 Å². The fraction of sp³-hybridized carbons (Fsp3) is 0.467. The molecule has 0 aliphatic rings. The van der Waals surface area contributed by atoms with E-state index < -0.39 is 0 Å². The van der Waals surface area contributed by atoms with Crippen LogP contribution in [0, 0.1) is 0 Å². The number of aromatic nitrogens is 1.